The molecule has 21 heavy (non-hydrogen) atoms. The van der Waals surface area contributed by atoms with Gasteiger partial charge in [0.1, 0.15) is 13.6 Å². The number of hydrogen-bond acceptors (Lipinski definition) is 6. The third-order valence-corrected chi connectivity index (χ3v) is 5.15. The Balaban J connectivity index is 2.63. The van der Waals surface area contributed by atoms with E-state index in [-0.39, 0.29) is 5.91 Å². The van der Waals surface area contributed by atoms with Crippen molar-refractivity contribution in [2.24, 2.45) is 11.5 Å². The third kappa shape index (κ3) is 5.05. The van der Waals surface area contributed by atoms with Crippen LogP contribution in [-0.2, 0) is 14.2 Å². The van der Waals surface area contributed by atoms with E-state index in [1.165, 1.54) is 0 Å². The van der Waals surface area contributed by atoms with E-state index < -0.39 is 31.8 Å². The van der Waals surface area contributed by atoms with Gasteiger partial charge in [-0.3, -0.25) is 9.59 Å². The second kappa shape index (κ2) is 8.45. The van der Waals surface area contributed by atoms with E-state index in [2.05, 4.69) is 15.7 Å². The third-order valence-electron chi connectivity index (χ3n) is 3.27. The minimum Gasteiger partial charge on any atom is -0.392 e. The minimum atomic E-state index is -2.66. The van der Waals surface area contributed by atoms with Gasteiger partial charge >= 0.3 is 0 Å². The van der Waals surface area contributed by atoms with Crippen LogP contribution in [0, 0.1) is 0 Å². The Kier molecular flexibility index (Phi) is 7.27. The molecule has 1 aliphatic heterocycles. The molecule has 0 radical (unpaired) electrons. The summed E-state index contributed by atoms with van der Waals surface area (Å²) in [5.41, 5.74) is 8.49. The first-order valence-corrected chi connectivity index (χ1v) is 8.41. The summed E-state index contributed by atoms with van der Waals surface area (Å²) >= 11 is 0. The second-order valence-corrected chi connectivity index (χ2v) is 6.68. The molecule has 0 bridgehead atoms. The number of nitrogens with one attached hydrogen (secondary N) is 3. The zero-order valence-electron chi connectivity index (χ0n) is 11.9. The summed E-state index contributed by atoms with van der Waals surface area (Å²) in [4.78, 5) is 23.6. The molecule has 2 unspecified atom stereocenters. The fourth-order valence-electron chi connectivity index (χ4n) is 1.96. The van der Waals surface area contributed by atoms with Crippen LogP contribution < -0.4 is 27.2 Å². The number of piperidine rings is 1. The molecule has 3 atom stereocenters. The second-order valence-electron chi connectivity index (χ2n) is 5.00. The molecule has 0 aromatic rings. The van der Waals surface area contributed by atoms with Crippen molar-refractivity contribution in [2.45, 2.75) is 30.6 Å². The van der Waals surface area contributed by atoms with Gasteiger partial charge in [-0.05, 0) is 25.8 Å². The van der Waals surface area contributed by atoms with Crippen LogP contribution in [0.5, 0.6) is 0 Å². The standard InChI is InChI=1S/C11H24N5O4P/c12-4-2-6-15-10(19)11(13,7-17)16-21(20)8-3-1-5-14-9(8)18/h8,17,21H,1-7,12-13H2,(H,14,18)(H,15,19)(H,16,20)/t8-,11?/m0/s1. The van der Waals surface area contributed by atoms with Gasteiger partial charge in [-0.2, -0.15) is 0 Å². The molecule has 1 rings (SSSR count). The number of aliphatic hydroxyl groups is 1. The van der Waals surface area contributed by atoms with E-state index in [4.69, 9.17) is 11.5 Å². The Labute approximate surface area is 124 Å². The lowest BCUT2D eigenvalue weighted by molar-refractivity contribution is -0.128. The van der Waals surface area contributed by atoms with Crippen molar-refractivity contribution in [1.29, 1.82) is 0 Å². The number of amides is 2. The summed E-state index contributed by atoms with van der Waals surface area (Å²) in [5, 5.41) is 16.9. The first kappa shape index (κ1) is 18.1. The van der Waals surface area contributed by atoms with Crippen LogP contribution in [0.3, 0.4) is 0 Å². The highest BCUT2D eigenvalue weighted by atomic mass is 31.1. The molecule has 0 aromatic heterocycles. The quantitative estimate of drug-likeness (QED) is 0.163. The zero-order chi connectivity index (χ0) is 15.9. The van der Waals surface area contributed by atoms with Crippen molar-refractivity contribution >= 4 is 19.8 Å². The molecule has 1 aliphatic rings. The Morgan fingerprint density at radius 1 is 1.57 bits per heavy atom. The SMILES string of the molecule is NCCCNC(=O)C(N)(CO)N[PH](=O)[C@H]1CCCNC1=O. The zero-order valence-corrected chi connectivity index (χ0v) is 12.9. The fraction of sp³-hybridized carbons (Fsp3) is 0.818. The van der Waals surface area contributed by atoms with E-state index in [0.717, 1.165) is 0 Å². The monoisotopic (exact) mass is 321 g/mol. The number of nitrogens with two attached hydrogens (primary N) is 2. The van der Waals surface area contributed by atoms with Crippen LogP contribution in [0.15, 0.2) is 0 Å². The maximum Gasteiger partial charge on any atom is 0.257 e. The summed E-state index contributed by atoms with van der Waals surface area (Å²) in [7, 11) is -2.66. The lowest BCUT2D eigenvalue weighted by Gasteiger charge is -2.30. The van der Waals surface area contributed by atoms with E-state index in [9.17, 15) is 19.3 Å². The smallest absolute Gasteiger partial charge is 0.257 e. The summed E-state index contributed by atoms with van der Waals surface area (Å²) in [6, 6.07) is 0. The van der Waals surface area contributed by atoms with Crippen LogP contribution in [0.25, 0.3) is 0 Å². The van der Waals surface area contributed by atoms with Gasteiger partial charge < -0.3 is 31.8 Å². The van der Waals surface area contributed by atoms with Gasteiger partial charge in [0.05, 0.1) is 6.61 Å². The Bertz CT molecular complexity index is 408. The highest BCUT2D eigenvalue weighted by molar-refractivity contribution is 7.44. The highest BCUT2D eigenvalue weighted by Gasteiger charge is 2.38. The van der Waals surface area contributed by atoms with Gasteiger partial charge in [-0.15, -0.1) is 0 Å². The lowest BCUT2D eigenvalue weighted by Crippen LogP contribution is -2.64. The molecule has 1 fully saturated rings. The van der Waals surface area contributed by atoms with Crippen molar-refractivity contribution in [3.8, 4) is 0 Å². The van der Waals surface area contributed by atoms with Crippen molar-refractivity contribution in [3.05, 3.63) is 0 Å². The molecule has 122 valence electrons. The molecule has 9 nitrogen and oxygen atoms in total. The number of aliphatic hydroxyl groups excluding tert-OH is 1. The maximum atomic E-state index is 12.2. The van der Waals surface area contributed by atoms with Crippen LogP contribution >= 0.6 is 7.95 Å². The molecule has 10 heteroatoms. The van der Waals surface area contributed by atoms with Crippen LogP contribution in [0.2, 0.25) is 0 Å². The van der Waals surface area contributed by atoms with Gasteiger partial charge in [-0.1, -0.05) is 0 Å². The summed E-state index contributed by atoms with van der Waals surface area (Å²) < 4.78 is 12.2. The van der Waals surface area contributed by atoms with Crippen LogP contribution in [0.1, 0.15) is 19.3 Å². The molecule has 8 N–H and O–H groups in total. The Morgan fingerprint density at radius 2 is 2.29 bits per heavy atom. The number of carbonyl (C=O) groups excluding carboxylic acids is 2. The normalized spacial score (nSPS) is 23.0. The van der Waals surface area contributed by atoms with Gasteiger partial charge in [0.2, 0.25) is 5.91 Å². The molecule has 2 amide bonds. The van der Waals surface area contributed by atoms with Crippen LogP contribution in [0.4, 0.5) is 0 Å². The lowest BCUT2D eigenvalue weighted by atomic mass is 10.1. The first-order valence-electron chi connectivity index (χ1n) is 6.92. The number of hydrogen-bond donors (Lipinski definition) is 6. The summed E-state index contributed by atoms with van der Waals surface area (Å²) in [5.74, 6) is -0.991. The molecule has 0 aliphatic carbocycles. The predicted molar refractivity (Wildman–Crippen MR) is 78.9 cm³/mol. The average molecular weight is 321 g/mol. The molecule has 1 saturated heterocycles. The van der Waals surface area contributed by atoms with Gasteiger partial charge in [-0.25, -0.2) is 5.09 Å². The van der Waals surface area contributed by atoms with E-state index in [1.54, 1.807) is 0 Å². The fourth-order valence-corrected chi connectivity index (χ4v) is 3.57. The predicted octanol–water partition coefficient (Wildman–Crippen LogP) is -2.56. The molecular formula is C11H24N5O4P. The van der Waals surface area contributed by atoms with E-state index in [0.29, 0.717) is 38.9 Å². The van der Waals surface area contributed by atoms with Crippen LogP contribution in [-0.4, -0.2) is 54.5 Å². The van der Waals surface area contributed by atoms with Crippen molar-refractivity contribution in [2.75, 3.05) is 26.2 Å². The number of carbonyl (C=O) groups is 2. The summed E-state index contributed by atoms with van der Waals surface area (Å²) in [6.45, 7) is 0.536. The van der Waals surface area contributed by atoms with Crippen molar-refractivity contribution in [3.63, 3.8) is 0 Å². The average Bonchev–Trinajstić information content (AvgIpc) is 2.47. The molecule has 1 heterocycles. The summed E-state index contributed by atoms with van der Waals surface area (Å²) in [6.07, 6.45) is 1.74. The van der Waals surface area contributed by atoms with Gasteiger partial charge in [0.25, 0.3) is 5.91 Å². The largest absolute Gasteiger partial charge is 0.392 e. The molecule has 0 saturated carbocycles. The van der Waals surface area contributed by atoms with Crippen molar-refractivity contribution in [1.82, 2.24) is 15.7 Å². The van der Waals surface area contributed by atoms with E-state index in [1.807, 2.05) is 0 Å². The molecule has 0 spiro atoms. The number of rotatable bonds is 8. The first-order chi connectivity index (χ1) is 9.94. The Morgan fingerprint density at radius 3 is 2.86 bits per heavy atom. The maximum absolute atomic E-state index is 12.2. The van der Waals surface area contributed by atoms with E-state index >= 15 is 0 Å². The molecule has 0 aromatic carbocycles. The minimum absolute atomic E-state index is 0.306. The van der Waals surface area contributed by atoms with Crippen molar-refractivity contribution < 1.29 is 19.3 Å². The molecular weight excluding hydrogens is 297 g/mol. The topological polar surface area (TPSA) is 160 Å². The highest BCUT2D eigenvalue weighted by Crippen LogP contribution is 2.31. The van der Waals surface area contributed by atoms with Gasteiger partial charge in [0.15, 0.2) is 5.66 Å². The van der Waals surface area contributed by atoms with Gasteiger partial charge in [0, 0.05) is 13.1 Å². The Hall–Kier alpha value is -0.990.